The zero-order chi connectivity index (χ0) is 19.4. The van der Waals surface area contributed by atoms with Gasteiger partial charge in [-0.2, -0.15) is 5.10 Å². The molecule has 0 fully saturated rings. The molecular formula is C19H17ClFN3O3. The Kier molecular flexibility index (Phi) is 5.61. The van der Waals surface area contributed by atoms with Gasteiger partial charge in [-0.05, 0) is 24.3 Å². The Hall–Kier alpha value is -3.06. The van der Waals surface area contributed by atoms with Gasteiger partial charge in [0.2, 0.25) is 0 Å². The third-order valence-corrected chi connectivity index (χ3v) is 4.23. The van der Waals surface area contributed by atoms with Gasteiger partial charge in [0.25, 0.3) is 5.91 Å². The number of halogens is 2. The van der Waals surface area contributed by atoms with E-state index in [-0.39, 0.29) is 12.5 Å². The zero-order valence-electron chi connectivity index (χ0n) is 14.7. The van der Waals surface area contributed by atoms with E-state index < -0.39 is 5.82 Å². The number of methoxy groups -OCH3 is 2. The van der Waals surface area contributed by atoms with E-state index in [1.807, 2.05) is 0 Å². The molecule has 0 aliphatic carbocycles. The van der Waals surface area contributed by atoms with Crippen LogP contribution in [0.1, 0.15) is 15.9 Å². The highest BCUT2D eigenvalue weighted by atomic mass is 35.5. The number of nitrogens with one attached hydrogen (secondary N) is 1. The molecule has 140 valence electrons. The Morgan fingerprint density at radius 1 is 1.19 bits per heavy atom. The largest absolute Gasteiger partial charge is 0.497 e. The second kappa shape index (κ2) is 8.09. The van der Waals surface area contributed by atoms with Crippen LogP contribution in [0.2, 0.25) is 5.02 Å². The Balaban J connectivity index is 1.75. The highest BCUT2D eigenvalue weighted by Gasteiger charge is 2.13. The average Bonchev–Trinajstić information content (AvgIpc) is 3.11. The predicted molar refractivity (Wildman–Crippen MR) is 100 cm³/mol. The Morgan fingerprint density at radius 2 is 1.89 bits per heavy atom. The van der Waals surface area contributed by atoms with Crippen LogP contribution in [-0.2, 0) is 6.54 Å². The van der Waals surface area contributed by atoms with Gasteiger partial charge in [-0.3, -0.25) is 9.48 Å². The third kappa shape index (κ3) is 4.38. The summed E-state index contributed by atoms with van der Waals surface area (Å²) in [7, 11) is 3.01. The number of carbonyl (C=O) groups excluding carboxylic acids is 1. The first-order valence-electron chi connectivity index (χ1n) is 8.01. The summed E-state index contributed by atoms with van der Waals surface area (Å²) in [4.78, 5) is 12.5. The quantitative estimate of drug-likeness (QED) is 0.692. The highest BCUT2D eigenvalue weighted by molar-refractivity contribution is 6.31. The van der Waals surface area contributed by atoms with Crippen molar-refractivity contribution in [1.82, 2.24) is 9.78 Å². The van der Waals surface area contributed by atoms with E-state index in [0.717, 1.165) is 0 Å². The van der Waals surface area contributed by atoms with Crippen LogP contribution in [0.5, 0.6) is 11.5 Å². The van der Waals surface area contributed by atoms with E-state index in [1.165, 1.54) is 31.0 Å². The summed E-state index contributed by atoms with van der Waals surface area (Å²) in [6, 6.07) is 11.0. The summed E-state index contributed by atoms with van der Waals surface area (Å²) in [5, 5.41) is 7.24. The maximum Gasteiger partial charge on any atom is 0.257 e. The molecule has 0 bridgehead atoms. The minimum absolute atomic E-state index is 0.147. The number of anilines is 1. The fourth-order valence-electron chi connectivity index (χ4n) is 2.49. The molecule has 2 aromatic carbocycles. The van der Waals surface area contributed by atoms with Crippen LogP contribution in [0.3, 0.4) is 0 Å². The van der Waals surface area contributed by atoms with Crippen molar-refractivity contribution in [3.05, 3.63) is 70.6 Å². The van der Waals surface area contributed by atoms with E-state index in [4.69, 9.17) is 21.1 Å². The van der Waals surface area contributed by atoms with E-state index in [9.17, 15) is 9.18 Å². The smallest absolute Gasteiger partial charge is 0.257 e. The van der Waals surface area contributed by atoms with Crippen molar-refractivity contribution < 1.29 is 18.7 Å². The van der Waals surface area contributed by atoms with Gasteiger partial charge in [0.15, 0.2) is 5.82 Å². The van der Waals surface area contributed by atoms with Gasteiger partial charge in [0.1, 0.15) is 17.3 Å². The molecule has 0 atom stereocenters. The van der Waals surface area contributed by atoms with Gasteiger partial charge in [-0.15, -0.1) is 0 Å². The van der Waals surface area contributed by atoms with Crippen LogP contribution in [-0.4, -0.2) is 29.9 Å². The fourth-order valence-corrected chi connectivity index (χ4v) is 2.71. The molecule has 1 heterocycles. The molecule has 8 heteroatoms. The number of nitrogens with zero attached hydrogens (tertiary/aromatic N) is 2. The average molecular weight is 390 g/mol. The van der Waals surface area contributed by atoms with Gasteiger partial charge in [0.05, 0.1) is 20.8 Å². The second-order valence-electron chi connectivity index (χ2n) is 5.65. The Morgan fingerprint density at radius 3 is 2.52 bits per heavy atom. The number of carbonyl (C=O) groups is 1. The first kappa shape index (κ1) is 18.7. The summed E-state index contributed by atoms with van der Waals surface area (Å²) in [6.07, 6.45) is 1.63. The molecule has 0 aliphatic rings. The molecule has 1 N–H and O–H groups in total. The van der Waals surface area contributed by atoms with Crippen molar-refractivity contribution in [2.24, 2.45) is 0 Å². The molecule has 1 aromatic heterocycles. The second-order valence-corrected chi connectivity index (χ2v) is 6.06. The molecule has 3 aromatic rings. The minimum Gasteiger partial charge on any atom is -0.497 e. The summed E-state index contributed by atoms with van der Waals surface area (Å²) in [5.74, 6) is 0.543. The monoisotopic (exact) mass is 389 g/mol. The van der Waals surface area contributed by atoms with Crippen LogP contribution < -0.4 is 14.8 Å². The molecule has 0 spiro atoms. The van der Waals surface area contributed by atoms with E-state index >= 15 is 0 Å². The first-order valence-corrected chi connectivity index (χ1v) is 8.38. The number of hydrogen-bond acceptors (Lipinski definition) is 4. The van der Waals surface area contributed by atoms with Crippen molar-refractivity contribution in [3.63, 3.8) is 0 Å². The fraction of sp³-hybridized carbons (Fsp3) is 0.158. The number of aromatic nitrogens is 2. The molecule has 3 rings (SSSR count). The van der Waals surface area contributed by atoms with E-state index in [1.54, 1.807) is 36.5 Å². The summed E-state index contributed by atoms with van der Waals surface area (Å²) in [6.45, 7) is 0.147. The summed E-state index contributed by atoms with van der Waals surface area (Å²) in [5.41, 5.74) is 0.690. The molecule has 0 aliphatic heterocycles. The lowest BCUT2D eigenvalue weighted by atomic mass is 10.2. The first-order chi connectivity index (χ1) is 13.0. The summed E-state index contributed by atoms with van der Waals surface area (Å²) < 4.78 is 25.7. The lowest BCUT2D eigenvalue weighted by Gasteiger charge is -2.08. The Labute approximate surface area is 160 Å². The van der Waals surface area contributed by atoms with Crippen LogP contribution in [0.25, 0.3) is 0 Å². The SMILES string of the molecule is COc1cc(OC)cc(C(=O)Nc2ccn(Cc3c(F)cccc3Cl)n2)c1. The van der Waals surface area contributed by atoms with Gasteiger partial charge in [-0.1, -0.05) is 17.7 Å². The highest BCUT2D eigenvalue weighted by Crippen LogP contribution is 2.23. The van der Waals surface area contributed by atoms with Gasteiger partial charge in [0, 0.05) is 34.5 Å². The third-order valence-electron chi connectivity index (χ3n) is 3.88. The van der Waals surface area contributed by atoms with Crippen LogP contribution in [0.15, 0.2) is 48.7 Å². The molecule has 6 nitrogen and oxygen atoms in total. The molecular weight excluding hydrogens is 373 g/mol. The molecule has 0 saturated carbocycles. The zero-order valence-corrected chi connectivity index (χ0v) is 15.5. The van der Waals surface area contributed by atoms with E-state index in [0.29, 0.717) is 33.5 Å². The lowest BCUT2D eigenvalue weighted by molar-refractivity contribution is 0.102. The number of amides is 1. The van der Waals surface area contributed by atoms with Crippen molar-refractivity contribution in [3.8, 4) is 11.5 Å². The molecule has 0 saturated heterocycles. The van der Waals surface area contributed by atoms with Crippen molar-refractivity contribution in [2.45, 2.75) is 6.54 Å². The maximum absolute atomic E-state index is 13.9. The van der Waals surface area contributed by atoms with Gasteiger partial charge < -0.3 is 14.8 Å². The van der Waals surface area contributed by atoms with Crippen LogP contribution >= 0.6 is 11.6 Å². The Bertz CT molecular complexity index is 932. The molecule has 0 unspecified atom stereocenters. The van der Waals surface area contributed by atoms with Crippen molar-refractivity contribution in [1.29, 1.82) is 0 Å². The summed E-state index contributed by atoms with van der Waals surface area (Å²) >= 11 is 6.03. The number of rotatable bonds is 6. The van der Waals surface area contributed by atoms with Gasteiger partial charge in [-0.25, -0.2) is 4.39 Å². The van der Waals surface area contributed by atoms with Crippen molar-refractivity contribution >= 4 is 23.3 Å². The number of hydrogen-bond donors (Lipinski definition) is 1. The normalized spacial score (nSPS) is 10.5. The number of benzene rings is 2. The maximum atomic E-state index is 13.9. The lowest BCUT2D eigenvalue weighted by Crippen LogP contribution is -2.13. The molecule has 27 heavy (non-hydrogen) atoms. The number of ether oxygens (including phenoxy) is 2. The predicted octanol–water partition coefficient (Wildman–Crippen LogP) is 3.99. The van der Waals surface area contributed by atoms with Crippen LogP contribution in [0.4, 0.5) is 10.2 Å². The standard InChI is InChI=1S/C19H17ClFN3O3/c1-26-13-8-12(9-14(10-13)27-2)19(25)22-18-6-7-24(23-18)11-15-16(20)4-3-5-17(15)21/h3-10H,11H2,1-2H3,(H,22,23,25). The minimum atomic E-state index is -0.410. The van der Waals surface area contributed by atoms with E-state index in [2.05, 4.69) is 10.4 Å². The van der Waals surface area contributed by atoms with Crippen LogP contribution in [0, 0.1) is 5.82 Å². The topological polar surface area (TPSA) is 65.4 Å². The van der Waals surface area contributed by atoms with Crippen molar-refractivity contribution in [2.75, 3.05) is 19.5 Å². The van der Waals surface area contributed by atoms with Gasteiger partial charge >= 0.3 is 0 Å². The molecule has 0 radical (unpaired) electrons. The molecule has 1 amide bonds.